The monoisotopic (exact) mass is 322 g/mol. The Balaban J connectivity index is 1.71. The average Bonchev–Trinajstić information content (AvgIpc) is 3.08. The van der Waals surface area contributed by atoms with Gasteiger partial charge < -0.3 is 24.8 Å². The molecule has 2 N–H and O–H groups in total. The first-order valence-corrected chi connectivity index (χ1v) is 8.16. The van der Waals surface area contributed by atoms with Crippen LogP contribution in [0.5, 0.6) is 11.5 Å². The average molecular weight is 322 g/mol. The molecule has 1 aromatic rings. The van der Waals surface area contributed by atoms with Crippen molar-refractivity contribution in [3.8, 4) is 11.5 Å². The van der Waals surface area contributed by atoms with Crippen molar-refractivity contribution in [2.75, 3.05) is 33.4 Å². The summed E-state index contributed by atoms with van der Waals surface area (Å²) in [5.74, 6) is 1.45. The van der Waals surface area contributed by atoms with Gasteiger partial charge in [0, 0.05) is 19.7 Å². The third-order valence-electron chi connectivity index (χ3n) is 3.74. The maximum absolute atomic E-state index is 11.7. The molecule has 6 nitrogen and oxygen atoms in total. The summed E-state index contributed by atoms with van der Waals surface area (Å²) in [5, 5.41) is 5.69. The molecular formula is C17H26N2O4. The van der Waals surface area contributed by atoms with Crippen LogP contribution in [0.2, 0.25) is 0 Å². The lowest BCUT2D eigenvalue weighted by molar-refractivity contribution is 0.111. The van der Waals surface area contributed by atoms with Gasteiger partial charge in [-0.15, -0.1) is 0 Å². The van der Waals surface area contributed by atoms with E-state index in [0.717, 1.165) is 37.2 Å². The number of nitrogens with one attached hydrogen (secondary N) is 2. The highest BCUT2D eigenvalue weighted by molar-refractivity contribution is 5.73. The summed E-state index contributed by atoms with van der Waals surface area (Å²) in [5.41, 5.74) is 1.09. The number of hydrogen-bond donors (Lipinski definition) is 2. The van der Waals surface area contributed by atoms with Gasteiger partial charge in [-0.05, 0) is 43.9 Å². The molecule has 1 fully saturated rings. The number of hydrogen-bond acceptors (Lipinski definition) is 4. The Bertz CT molecular complexity index is 501. The minimum atomic E-state index is -0.154. The Hall–Kier alpha value is -1.95. The predicted molar refractivity (Wildman–Crippen MR) is 88.2 cm³/mol. The maximum Gasteiger partial charge on any atom is 0.314 e. The number of carbonyl (C=O) groups is 1. The van der Waals surface area contributed by atoms with Crippen LogP contribution in [0.25, 0.3) is 0 Å². The van der Waals surface area contributed by atoms with Crippen LogP contribution in [0.4, 0.5) is 4.79 Å². The molecule has 128 valence electrons. The predicted octanol–water partition coefficient (Wildman–Crippen LogP) is 2.11. The first-order valence-electron chi connectivity index (χ1n) is 8.16. The van der Waals surface area contributed by atoms with Crippen LogP contribution in [-0.4, -0.2) is 45.5 Å². The van der Waals surface area contributed by atoms with Crippen molar-refractivity contribution >= 4 is 6.03 Å². The van der Waals surface area contributed by atoms with E-state index in [2.05, 4.69) is 10.6 Å². The molecule has 1 saturated heterocycles. The molecule has 1 aliphatic heterocycles. The molecule has 1 aromatic carbocycles. The lowest BCUT2D eigenvalue weighted by atomic mass is 10.1. The Morgan fingerprint density at radius 1 is 1.35 bits per heavy atom. The number of amides is 2. The van der Waals surface area contributed by atoms with E-state index in [9.17, 15) is 4.79 Å². The molecule has 0 bridgehead atoms. The first-order chi connectivity index (χ1) is 11.2. The van der Waals surface area contributed by atoms with E-state index in [1.165, 1.54) is 0 Å². The number of methoxy groups -OCH3 is 1. The Labute approximate surface area is 137 Å². The van der Waals surface area contributed by atoms with Crippen LogP contribution in [0.1, 0.15) is 25.3 Å². The lowest BCUT2D eigenvalue weighted by Gasteiger charge is -2.13. The summed E-state index contributed by atoms with van der Waals surface area (Å²) >= 11 is 0. The fourth-order valence-electron chi connectivity index (χ4n) is 2.54. The largest absolute Gasteiger partial charge is 0.493 e. The summed E-state index contributed by atoms with van der Waals surface area (Å²) in [6.45, 7) is 4.47. The summed E-state index contributed by atoms with van der Waals surface area (Å²) < 4.78 is 16.3. The minimum Gasteiger partial charge on any atom is -0.493 e. The van der Waals surface area contributed by atoms with Crippen molar-refractivity contribution < 1.29 is 19.0 Å². The molecule has 0 spiro atoms. The van der Waals surface area contributed by atoms with Gasteiger partial charge in [0.1, 0.15) is 0 Å². The van der Waals surface area contributed by atoms with Crippen LogP contribution in [0.3, 0.4) is 0 Å². The zero-order chi connectivity index (χ0) is 16.5. The van der Waals surface area contributed by atoms with Crippen molar-refractivity contribution in [3.05, 3.63) is 23.8 Å². The second-order valence-electron chi connectivity index (χ2n) is 5.44. The summed E-state index contributed by atoms with van der Waals surface area (Å²) in [6, 6.07) is 5.67. The van der Waals surface area contributed by atoms with E-state index >= 15 is 0 Å². The van der Waals surface area contributed by atoms with E-state index < -0.39 is 0 Å². The molecule has 0 radical (unpaired) electrons. The highest BCUT2D eigenvalue weighted by Crippen LogP contribution is 2.28. The smallest absolute Gasteiger partial charge is 0.314 e. The number of benzene rings is 1. The first kappa shape index (κ1) is 17.4. The van der Waals surface area contributed by atoms with Crippen LogP contribution in [0, 0.1) is 0 Å². The number of rotatable bonds is 8. The second-order valence-corrected chi connectivity index (χ2v) is 5.44. The fraction of sp³-hybridized carbons (Fsp3) is 0.588. The second kappa shape index (κ2) is 9.25. The Kier molecular flexibility index (Phi) is 7.00. The SMILES string of the molecule is CCOc1ccc(CCNC(=O)NCC2CCCO2)cc1OC. The van der Waals surface area contributed by atoms with Gasteiger partial charge in [-0.3, -0.25) is 0 Å². The van der Waals surface area contributed by atoms with Gasteiger partial charge in [-0.2, -0.15) is 0 Å². The summed E-state index contributed by atoms with van der Waals surface area (Å²) in [4.78, 5) is 11.7. The molecule has 23 heavy (non-hydrogen) atoms. The molecule has 0 aliphatic carbocycles. The molecule has 6 heteroatoms. The van der Waals surface area contributed by atoms with Crippen LogP contribution < -0.4 is 20.1 Å². The molecule has 2 amide bonds. The van der Waals surface area contributed by atoms with Gasteiger partial charge in [0.05, 0.1) is 19.8 Å². The quantitative estimate of drug-likeness (QED) is 0.769. The fourth-order valence-corrected chi connectivity index (χ4v) is 2.54. The van der Waals surface area contributed by atoms with Gasteiger partial charge in [-0.25, -0.2) is 4.79 Å². The van der Waals surface area contributed by atoms with E-state index in [-0.39, 0.29) is 12.1 Å². The zero-order valence-corrected chi connectivity index (χ0v) is 13.9. The third kappa shape index (κ3) is 5.63. The van der Waals surface area contributed by atoms with Crippen molar-refractivity contribution in [3.63, 3.8) is 0 Å². The van der Waals surface area contributed by atoms with Crippen LogP contribution >= 0.6 is 0 Å². The Morgan fingerprint density at radius 2 is 2.22 bits per heavy atom. The van der Waals surface area contributed by atoms with Gasteiger partial charge in [0.2, 0.25) is 0 Å². The standard InChI is InChI=1S/C17H26N2O4/c1-3-22-15-7-6-13(11-16(15)21-2)8-9-18-17(20)19-12-14-5-4-10-23-14/h6-7,11,14H,3-5,8-10,12H2,1-2H3,(H2,18,19,20). The molecule has 0 aromatic heterocycles. The lowest BCUT2D eigenvalue weighted by Crippen LogP contribution is -2.40. The molecule has 1 unspecified atom stereocenters. The molecule has 1 heterocycles. The normalized spacial score (nSPS) is 16.9. The number of ether oxygens (including phenoxy) is 3. The van der Waals surface area contributed by atoms with Gasteiger partial charge in [0.25, 0.3) is 0 Å². The molecule has 1 aliphatic rings. The van der Waals surface area contributed by atoms with Gasteiger partial charge in [0.15, 0.2) is 11.5 Å². The van der Waals surface area contributed by atoms with Crippen molar-refractivity contribution in [2.45, 2.75) is 32.3 Å². The Morgan fingerprint density at radius 3 is 2.91 bits per heavy atom. The van der Waals surface area contributed by atoms with E-state index in [1.54, 1.807) is 7.11 Å². The maximum atomic E-state index is 11.7. The summed E-state index contributed by atoms with van der Waals surface area (Å²) in [6.07, 6.45) is 2.99. The number of carbonyl (C=O) groups excluding carboxylic acids is 1. The third-order valence-corrected chi connectivity index (χ3v) is 3.74. The summed E-state index contributed by atoms with van der Waals surface area (Å²) in [7, 11) is 1.62. The van der Waals surface area contributed by atoms with Crippen LogP contribution in [-0.2, 0) is 11.2 Å². The molecular weight excluding hydrogens is 296 g/mol. The zero-order valence-electron chi connectivity index (χ0n) is 13.9. The van der Waals surface area contributed by atoms with E-state index in [1.807, 2.05) is 25.1 Å². The van der Waals surface area contributed by atoms with E-state index in [0.29, 0.717) is 25.4 Å². The molecule has 1 atom stereocenters. The van der Waals surface area contributed by atoms with Crippen molar-refractivity contribution in [2.24, 2.45) is 0 Å². The minimum absolute atomic E-state index is 0.154. The highest BCUT2D eigenvalue weighted by Gasteiger charge is 2.15. The molecule has 2 rings (SSSR count). The topological polar surface area (TPSA) is 68.8 Å². The highest BCUT2D eigenvalue weighted by atomic mass is 16.5. The van der Waals surface area contributed by atoms with Crippen LogP contribution in [0.15, 0.2) is 18.2 Å². The van der Waals surface area contributed by atoms with Crippen molar-refractivity contribution in [1.82, 2.24) is 10.6 Å². The molecule has 0 saturated carbocycles. The van der Waals surface area contributed by atoms with Gasteiger partial charge in [-0.1, -0.05) is 6.07 Å². The van der Waals surface area contributed by atoms with E-state index in [4.69, 9.17) is 14.2 Å². The van der Waals surface area contributed by atoms with Gasteiger partial charge >= 0.3 is 6.03 Å². The number of urea groups is 1. The van der Waals surface area contributed by atoms with Crippen molar-refractivity contribution in [1.29, 1.82) is 0 Å².